The maximum atomic E-state index is 11.7. The number of hydrogen-bond donors (Lipinski definition) is 6. The Morgan fingerprint density at radius 3 is 2.29 bits per heavy atom. The molecule has 1 aromatic carbocycles. The molecule has 3 heterocycles. The van der Waals surface area contributed by atoms with Crippen LogP contribution >= 0.6 is 11.8 Å². The number of nitrogens with two attached hydrogens (primary N) is 2. The molecule has 19 nitrogen and oxygen atoms in total. The molecule has 62 heavy (non-hydrogen) atoms. The van der Waals surface area contributed by atoms with Gasteiger partial charge in [0.15, 0.2) is 5.82 Å². The summed E-state index contributed by atoms with van der Waals surface area (Å²) < 4.78 is 23.7. The number of fused-ring (bicyclic) bond motifs is 1. The summed E-state index contributed by atoms with van der Waals surface area (Å²) in [6.45, 7) is 13.7. The Bertz CT molecular complexity index is 1730. The zero-order valence-corrected chi connectivity index (χ0v) is 37.6. The predicted octanol–water partition coefficient (Wildman–Crippen LogP) is 2.79. The zero-order chi connectivity index (χ0) is 45.5. The van der Waals surface area contributed by atoms with E-state index in [-0.39, 0.29) is 23.4 Å². The average Bonchev–Trinajstić information content (AvgIpc) is 3.65. The van der Waals surface area contributed by atoms with Crippen LogP contribution in [-0.2, 0) is 46.5 Å². The van der Waals surface area contributed by atoms with E-state index < -0.39 is 12.0 Å². The third kappa shape index (κ3) is 22.0. The van der Waals surface area contributed by atoms with E-state index in [0.29, 0.717) is 71.5 Å². The van der Waals surface area contributed by atoms with Gasteiger partial charge >= 0.3 is 5.97 Å². The summed E-state index contributed by atoms with van der Waals surface area (Å²) in [5.41, 5.74) is 15.6. The monoisotopic (exact) mass is 891 g/mol. The Balaban J connectivity index is 0.000000414. The molecule has 1 saturated heterocycles. The number of anilines is 2. The van der Waals surface area contributed by atoms with Gasteiger partial charge in [0.2, 0.25) is 11.9 Å². The molecule has 1 fully saturated rings. The van der Waals surface area contributed by atoms with Crippen LogP contribution < -0.4 is 26.8 Å². The maximum absolute atomic E-state index is 11.7. The fourth-order valence-corrected chi connectivity index (χ4v) is 7.04. The first-order valence-electron chi connectivity index (χ1n) is 21.0. The number of ether oxygens (including phenoxy) is 4. The molecule has 0 saturated carbocycles. The average molecular weight is 892 g/mol. The van der Waals surface area contributed by atoms with Crippen LogP contribution in [0.2, 0.25) is 0 Å². The fraction of sp³-hybridized carbons (Fsp3) is 0.619. The summed E-state index contributed by atoms with van der Waals surface area (Å²) in [6.07, 6.45) is 7.02. The van der Waals surface area contributed by atoms with Crippen LogP contribution in [0.5, 0.6) is 5.75 Å². The number of thioether (sulfide) groups is 1. The normalized spacial score (nSPS) is 13.8. The van der Waals surface area contributed by atoms with E-state index in [2.05, 4.69) is 67.1 Å². The quantitative estimate of drug-likeness (QED) is 0.0452. The number of piperazine rings is 1. The van der Waals surface area contributed by atoms with Gasteiger partial charge in [0.25, 0.3) is 6.47 Å². The molecule has 0 radical (unpaired) electrons. The Kier molecular flexibility index (Phi) is 27.8. The highest BCUT2D eigenvalue weighted by Crippen LogP contribution is 2.27. The number of aromatic nitrogens is 3. The van der Waals surface area contributed by atoms with Gasteiger partial charge in [-0.1, -0.05) is 38.8 Å². The number of benzene rings is 1. The van der Waals surface area contributed by atoms with Crippen LogP contribution in [-0.4, -0.2) is 169 Å². The van der Waals surface area contributed by atoms with Crippen LogP contribution in [0.3, 0.4) is 0 Å². The second-order valence-electron chi connectivity index (χ2n) is 14.5. The topological polar surface area (TPSA) is 259 Å². The number of aliphatic carboxylic acids is 1. The summed E-state index contributed by atoms with van der Waals surface area (Å²) >= 11 is 1.36. The van der Waals surface area contributed by atoms with Crippen LogP contribution in [0.15, 0.2) is 30.5 Å². The largest absolute Gasteiger partial charge is 0.496 e. The number of nitrogens with one attached hydrogen (secondary N) is 2. The molecule has 2 atom stereocenters. The van der Waals surface area contributed by atoms with Gasteiger partial charge in [-0.3, -0.25) is 19.3 Å². The van der Waals surface area contributed by atoms with E-state index in [1.807, 2.05) is 19.2 Å². The second-order valence-corrected chi connectivity index (χ2v) is 16.0. The number of carboxylic acid groups (broad SMARTS) is 2. The first-order chi connectivity index (χ1) is 29.9. The first-order valence-corrected chi connectivity index (χ1v) is 22.0. The lowest BCUT2D eigenvalue weighted by Crippen LogP contribution is -2.43. The fourth-order valence-electron chi connectivity index (χ4n) is 6.09. The molecule has 0 spiro atoms. The van der Waals surface area contributed by atoms with Crippen molar-refractivity contribution in [3.63, 3.8) is 0 Å². The van der Waals surface area contributed by atoms with E-state index in [9.17, 15) is 14.4 Å². The van der Waals surface area contributed by atoms with Gasteiger partial charge < -0.3 is 65.5 Å². The van der Waals surface area contributed by atoms with Gasteiger partial charge in [0, 0.05) is 81.4 Å². The highest BCUT2D eigenvalue weighted by molar-refractivity contribution is 7.99. The number of unbranched alkanes of at least 4 members (excludes halogenated alkanes) is 2. The van der Waals surface area contributed by atoms with Crippen molar-refractivity contribution in [3.8, 4) is 5.75 Å². The van der Waals surface area contributed by atoms with Crippen molar-refractivity contribution in [3.05, 3.63) is 41.6 Å². The van der Waals surface area contributed by atoms with Crippen molar-refractivity contribution < 1.29 is 48.3 Å². The van der Waals surface area contributed by atoms with E-state index >= 15 is 0 Å². The molecule has 348 valence electrons. The van der Waals surface area contributed by atoms with Crippen molar-refractivity contribution in [1.82, 2.24) is 29.7 Å². The Morgan fingerprint density at radius 1 is 0.968 bits per heavy atom. The maximum Gasteiger partial charge on any atom is 0.321 e. The van der Waals surface area contributed by atoms with E-state index in [1.165, 1.54) is 30.2 Å². The first kappa shape index (κ1) is 53.6. The van der Waals surface area contributed by atoms with Crippen LogP contribution in [0, 0.1) is 0 Å². The third-order valence-electron chi connectivity index (χ3n) is 9.44. The minimum absolute atomic E-state index is 0.0107. The summed E-state index contributed by atoms with van der Waals surface area (Å²) in [5.74, 6) is 1.13. The van der Waals surface area contributed by atoms with E-state index in [0.717, 1.165) is 80.1 Å². The standard InChI is InChI=1S/C25H37N7O.C16H30N2O7S.CH2O2/c1-4-5-6-10-27-24-23-21(28-25(26)29-24)9-11-32(23)18-20-8-7-19(16-22(20)33-3)17-31-14-12-30(2)13-15-31;1-13(26-12-14(17)16(21)22)11-15(20)18-3-6-24-8-10-25-9-7-23-5-2-4-19;2-1-3/h7-9,11,16H,4-6,10,12-15,17-18H2,1-3H3,(H3,26,27,28,29);4,13-14H,2-3,5-12,17H2,1H3,(H,18,20)(H,21,22);1H,(H,2,3). The lowest BCUT2D eigenvalue weighted by molar-refractivity contribution is -0.138. The predicted molar refractivity (Wildman–Crippen MR) is 242 cm³/mol. The molecular formula is C42H69N9O10S. The molecular weight excluding hydrogens is 823 g/mol. The number of rotatable bonds is 28. The number of amides is 1. The minimum Gasteiger partial charge on any atom is -0.496 e. The van der Waals surface area contributed by atoms with Crippen molar-refractivity contribution in [2.45, 2.75) is 70.3 Å². The number of carboxylic acids is 1. The molecule has 2 aromatic heterocycles. The highest BCUT2D eigenvalue weighted by Gasteiger charge is 2.18. The smallest absolute Gasteiger partial charge is 0.321 e. The van der Waals surface area contributed by atoms with Gasteiger partial charge in [0.1, 0.15) is 23.6 Å². The van der Waals surface area contributed by atoms with Crippen LogP contribution in [0.4, 0.5) is 11.8 Å². The molecule has 0 aliphatic carbocycles. The Labute approximate surface area is 369 Å². The van der Waals surface area contributed by atoms with Crippen LogP contribution in [0.25, 0.3) is 11.0 Å². The number of nitrogen functional groups attached to an aromatic ring is 1. The van der Waals surface area contributed by atoms with Gasteiger partial charge in [-0.15, -0.1) is 0 Å². The summed E-state index contributed by atoms with van der Waals surface area (Å²) in [5, 5.41) is 21.8. The molecule has 1 aliphatic heterocycles. The van der Waals surface area contributed by atoms with Gasteiger partial charge in [0.05, 0.1) is 58.8 Å². The van der Waals surface area contributed by atoms with Crippen molar-refractivity contribution in [2.75, 3.05) is 110 Å². The molecule has 1 aliphatic rings. The SMILES string of the molecule is CC(CC(=O)NCCOCCOCCOCCC=O)SCC(N)C(=O)O.CCCCCNc1nc(N)nc2ccn(Cc3ccc(CN4CCN(C)CC4)cc3OC)c12.O=CO. The molecule has 2 unspecified atom stereocenters. The number of carbonyl (C=O) groups is 4. The minimum atomic E-state index is -1.04. The van der Waals surface area contributed by atoms with E-state index in [1.54, 1.807) is 7.11 Å². The number of aldehydes is 1. The highest BCUT2D eigenvalue weighted by atomic mass is 32.2. The lowest BCUT2D eigenvalue weighted by atomic mass is 10.1. The summed E-state index contributed by atoms with van der Waals surface area (Å²) in [6, 6.07) is 7.67. The van der Waals surface area contributed by atoms with E-state index in [4.69, 9.17) is 45.4 Å². The van der Waals surface area contributed by atoms with Crippen molar-refractivity contribution in [2.24, 2.45) is 5.73 Å². The third-order valence-corrected chi connectivity index (χ3v) is 10.7. The van der Waals surface area contributed by atoms with Gasteiger partial charge in [-0.25, -0.2) is 4.98 Å². The zero-order valence-electron chi connectivity index (χ0n) is 36.8. The number of likely N-dealkylation sites (N-methyl/N-ethyl adjacent to an activating group) is 1. The van der Waals surface area contributed by atoms with Gasteiger partial charge in [-0.2, -0.15) is 16.7 Å². The lowest BCUT2D eigenvalue weighted by Gasteiger charge is -2.32. The van der Waals surface area contributed by atoms with Crippen molar-refractivity contribution >= 4 is 59.2 Å². The van der Waals surface area contributed by atoms with Gasteiger partial charge in [-0.05, 0) is 31.2 Å². The molecule has 0 bridgehead atoms. The Morgan fingerprint density at radius 2 is 1.65 bits per heavy atom. The van der Waals surface area contributed by atoms with Crippen molar-refractivity contribution in [1.29, 1.82) is 0 Å². The van der Waals surface area contributed by atoms with Crippen LogP contribution in [0.1, 0.15) is 57.1 Å². The molecule has 1 amide bonds. The molecule has 3 aromatic rings. The molecule has 8 N–H and O–H groups in total. The number of carbonyl (C=O) groups excluding carboxylic acids is 2. The number of hydrogen-bond acceptors (Lipinski definition) is 16. The molecule has 4 rings (SSSR count). The summed E-state index contributed by atoms with van der Waals surface area (Å²) in [7, 11) is 3.93. The number of nitrogens with zero attached hydrogens (tertiary/aromatic N) is 5. The molecule has 20 heteroatoms. The second kappa shape index (κ2) is 32.2. The Hall–Kier alpha value is -4.57. The summed E-state index contributed by atoms with van der Waals surface area (Å²) in [4.78, 5) is 54.6. The number of methoxy groups -OCH3 is 1.